The molecule has 0 aliphatic carbocycles. The molecule has 0 aromatic carbocycles. The second-order valence-electron chi connectivity index (χ2n) is 8.36. The predicted octanol–water partition coefficient (Wildman–Crippen LogP) is 3.87. The number of nitrogens with zero attached hydrogens (tertiary/aromatic N) is 4. The lowest BCUT2D eigenvalue weighted by Crippen LogP contribution is -2.34. The molecular weight excluding hydrogens is 388 g/mol. The van der Waals surface area contributed by atoms with Crippen molar-refractivity contribution in [1.82, 2.24) is 19.8 Å². The van der Waals surface area contributed by atoms with E-state index in [4.69, 9.17) is 10.4 Å². The fourth-order valence-corrected chi connectivity index (χ4v) is 4.53. The van der Waals surface area contributed by atoms with E-state index in [1.165, 1.54) is 42.2 Å². The number of pyridine rings is 2. The first-order chi connectivity index (χ1) is 15.1. The van der Waals surface area contributed by atoms with Crippen LogP contribution in [0.3, 0.4) is 0 Å². The van der Waals surface area contributed by atoms with E-state index in [0.29, 0.717) is 0 Å². The van der Waals surface area contributed by atoms with Gasteiger partial charge in [0, 0.05) is 62.1 Å². The summed E-state index contributed by atoms with van der Waals surface area (Å²) in [6.45, 7) is 7.39. The number of anilines is 2. The van der Waals surface area contributed by atoms with Crippen molar-refractivity contribution in [2.75, 3.05) is 31.6 Å². The summed E-state index contributed by atoms with van der Waals surface area (Å²) in [5, 5.41) is 10.8. The SMILES string of the molecule is C=C(c1cnc2c(c1)CCCN2c1ccn(C(=O)NC)c(=N)c1)N1CCCCCCC1. The van der Waals surface area contributed by atoms with Gasteiger partial charge in [-0.3, -0.25) is 9.98 Å². The summed E-state index contributed by atoms with van der Waals surface area (Å²) in [7, 11) is 1.56. The molecule has 0 saturated carbocycles. The highest BCUT2D eigenvalue weighted by Gasteiger charge is 2.22. The van der Waals surface area contributed by atoms with Crippen molar-refractivity contribution in [3.05, 3.63) is 53.8 Å². The number of aryl methyl sites for hydroxylation is 1. The molecule has 7 heteroatoms. The van der Waals surface area contributed by atoms with Gasteiger partial charge in [0.2, 0.25) is 0 Å². The zero-order chi connectivity index (χ0) is 21.8. The van der Waals surface area contributed by atoms with Crippen LogP contribution >= 0.6 is 0 Å². The maximum atomic E-state index is 11.9. The molecule has 2 aliphatic rings. The van der Waals surface area contributed by atoms with Crippen LogP contribution in [0.5, 0.6) is 0 Å². The Balaban J connectivity index is 1.58. The molecule has 164 valence electrons. The molecule has 7 nitrogen and oxygen atoms in total. The first-order valence-corrected chi connectivity index (χ1v) is 11.3. The van der Waals surface area contributed by atoms with E-state index in [0.717, 1.165) is 55.2 Å². The van der Waals surface area contributed by atoms with E-state index in [-0.39, 0.29) is 11.5 Å². The van der Waals surface area contributed by atoms with Crippen LogP contribution in [0.15, 0.2) is 37.2 Å². The van der Waals surface area contributed by atoms with Gasteiger partial charge >= 0.3 is 6.03 Å². The number of carbonyl (C=O) groups excluding carboxylic acids is 1. The molecule has 0 spiro atoms. The second kappa shape index (κ2) is 9.37. The predicted molar refractivity (Wildman–Crippen MR) is 123 cm³/mol. The Labute approximate surface area is 183 Å². The third-order valence-corrected chi connectivity index (χ3v) is 6.28. The van der Waals surface area contributed by atoms with Crippen molar-refractivity contribution in [2.45, 2.75) is 44.9 Å². The van der Waals surface area contributed by atoms with Gasteiger partial charge in [0.05, 0.1) is 0 Å². The van der Waals surface area contributed by atoms with E-state index >= 15 is 0 Å². The molecule has 2 aromatic rings. The number of hydrogen-bond acceptors (Lipinski definition) is 5. The Morgan fingerprint density at radius 2 is 1.84 bits per heavy atom. The number of amides is 1. The Kier molecular flexibility index (Phi) is 6.39. The minimum atomic E-state index is -0.318. The molecule has 1 saturated heterocycles. The molecule has 31 heavy (non-hydrogen) atoms. The molecule has 4 heterocycles. The summed E-state index contributed by atoms with van der Waals surface area (Å²) in [6.07, 6.45) is 12.0. The monoisotopic (exact) mass is 420 g/mol. The second-order valence-corrected chi connectivity index (χ2v) is 8.36. The zero-order valence-electron chi connectivity index (χ0n) is 18.4. The summed E-state index contributed by atoms with van der Waals surface area (Å²) >= 11 is 0. The molecule has 2 N–H and O–H groups in total. The minimum Gasteiger partial charge on any atom is -0.371 e. The highest BCUT2D eigenvalue weighted by atomic mass is 16.2. The molecule has 0 bridgehead atoms. The van der Waals surface area contributed by atoms with Crippen LogP contribution in [0, 0.1) is 5.41 Å². The van der Waals surface area contributed by atoms with E-state index in [9.17, 15) is 4.79 Å². The van der Waals surface area contributed by atoms with Gasteiger partial charge in [0.1, 0.15) is 11.3 Å². The van der Waals surface area contributed by atoms with Crippen LogP contribution in [0.2, 0.25) is 0 Å². The molecule has 2 aromatic heterocycles. The van der Waals surface area contributed by atoms with Crippen molar-refractivity contribution in [1.29, 1.82) is 5.41 Å². The normalized spacial score (nSPS) is 16.8. The quantitative estimate of drug-likeness (QED) is 0.790. The first-order valence-electron chi connectivity index (χ1n) is 11.3. The fourth-order valence-electron chi connectivity index (χ4n) is 4.53. The lowest BCUT2D eigenvalue weighted by Gasteiger charge is -2.32. The number of likely N-dealkylation sites (tertiary alicyclic amines) is 1. The molecule has 2 aliphatic heterocycles. The molecule has 0 radical (unpaired) electrons. The third kappa shape index (κ3) is 4.50. The molecule has 0 unspecified atom stereocenters. The summed E-state index contributed by atoms with van der Waals surface area (Å²) < 4.78 is 1.29. The van der Waals surface area contributed by atoms with Crippen LogP contribution in [-0.2, 0) is 6.42 Å². The standard InChI is InChI=1S/C24H32N6O/c1-18(28-11-6-4-3-5-7-12-28)20-15-19-9-8-13-29(23(19)27-17-20)21-10-14-30(22(25)16-21)24(31)26-2/h10,14-17,25H,1,3-9,11-13H2,2H3,(H,26,31). The van der Waals surface area contributed by atoms with Crippen molar-refractivity contribution < 1.29 is 4.79 Å². The van der Waals surface area contributed by atoms with Crippen LogP contribution in [-0.4, -0.2) is 47.2 Å². The van der Waals surface area contributed by atoms with E-state index < -0.39 is 0 Å². The Morgan fingerprint density at radius 1 is 1.10 bits per heavy atom. The van der Waals surface area contributed by atoms with E-state index in [1.807, 2.05) is 12.3 Å². The smallest absolute Gasteiger partial charge is 0.326 e. The van der Waals surface area contributed by atoms with Crippen molar-refractivity contribution in [2.24, 2.45) is 0 Å². The molecule has 4 rings (SSSR count). The maximum Gasteiger partial charge on any atom is 0.326 e. The lowest BCUT2D eigenvalue weighted by molar-refractivity contribution is 0.243. The van der Waals surface area contributed by atoms with Crippen molar-refractivity contribution in [3.63, 3.8) is 0 Å². The first kappa shape index (κ1) is 21.2. The number of rotatable bonds is 3. The molecule has 1 fully saturated rings. The highest BCUT2D eigenvalue weighted by Crippen LogP contribution is 2.33. The van der Waals surface area contributed by atoms with Gasteiger partial charge in [0.15, 0.2) is 0 Å². The Morgan fingerprint density at radius 3 is 2.55 bits per heavy atom. The van der Waals surface area contributed by atoms with E-state index in [2.05, 4.69) is 27.8 Å². The Hall–Kier alpha value is -3.09. The lowest BCUT2D eigenvalue weighted by atomic mass is 10.0. The van der Waals surface area contributed by atoms with Gasteiger partial charge < -0.3 is 15.1 Å². The van der Waals surface area contributed by atoms with Gasteiger partial charge in [-0.05, 0) is 43.4 Å². The largest absolute Gasteiger partial charge is 0.371 e. The number of nitrogens with one attached hydrogen (secondary N) is 2. The van der Waals surface area contributed by atoms with Crippen molar-refractivity contribution in [3.8, 4) is 0 Å². The summed E-state index contributed by atoms with van der Waals surface area (Å²) in [5.41, 5.74) is 4.42. The zero-order valence-corrected chi connectivity index (χ0v) is 18.4. The van der Waals surface area contributed by atoms with Gasteiger partial charge in [-0.15, -0.1) is 0 Å². The number of carbonyl (C=O) groups is 1. The van der Waals surface area contributed by atoms with E-state index in [1.54, 1.807) is 19.3 Å². The summed E-state index contributed by atoms with van der Waals surface area (Å²) in [5.74, 6) is 0.938. The minimum absolute atomic E-state index is 0.144. The van der Waals surface area contributed by atoms with Crippen LogP contribution in [0.4, 0.5) is 16.3 Å². The van der Waals surface area contributed by atoms with Crippen LogP contribution in [0.25, 0.3) is 5.70 Å². The maximum absolute atomic E-state index is 11.9. The topological polar surface area (TPSA) is 77.2 Å². The fraction of sp³-hybridized carbons (Fsp3) is 0.458. The average molecular weight is 421 g/mol. The van der Waals surface area contributed by atoms with Gasteiger partial charge in [0.25, 0.3) is 0 Å². The van der Waals surface area contributed by atoms with Gasteiger partial charge in [-0.2, -0.15) is 0 Å². The van der Waals surface area contributed by atoms with Gasteiger partial charge in [-0.1, -0.05) is 25.8 Å². The Bertz CT molecular complexity index is 1020. The number of aromatic nitrogens is 2. The highest BCUT2D eigenvalue weighted by molar-refractivity contribution is 5.77. The van der Waals surface area contributed by atoms with Crippen LogP contribution < -0.4 is 15.7 Å². The molecule has 0 atom stereocenters. The molecular formula is C24H32N6O. The third-order valence-electron chi connectivity index (χ3n) is 6.28. The summed E-state index contributed by atoms with van der Waals surface area (Å²) in [6, 6.07) is 5.52. The summed E-state index contributed by atoms with van der Waals surface area (Å²) in [4.78, 5) is 21.3. The number of hydrogen-bond donors (Lipinski definition) is 2. The van der Waals surface area contributed by atoms with Crippen molar-refractivity contribution >= 4 is 23.2 Å². The average Bonchev–Trinajstić information content (AvgIpc) is 2.77. The van der Waals surface area contributed by atoms with Gasteiger partial charge in [-0.25, -0.2) is 9.78 Å². The van der Waals surface area contributed by atoms with Crippen LogP contribution in [0.1, 0.15) is 49.7 Å². The number of fused-ring (bicyclic) bond motifs is 1. The molecule has 1 amide bonds.